The van der Waals surface area contributed by atoms with Crippen LogP contribution in [0.25, 0.3) is 32.9 Å². The second-order valence-corrected chi connectivity index (χ2v) is 11.9. The summed E-state index contributed by atoms with van der Waals surface area (Å²) in [7, 11) is 1.94. The first-order valence-corrected chi connectivity index (χ1v) is 14.5. The van der Waals surface area contributed by atoms with Crippen LogP contribution in [-0.4, -0.2) is 87.6 Å². The van der Waals surface area contributed by atoms with Crippen molar-refractivity contribution < 1.29 is 23.7 Å². The van der Waals surface area contributed by atoms with Crippen LogP contribution in [0.4, 0.5) is 14.6 Å². The fourth-order valence-electron chi connectivity index (χ4n) is 6.94. The molecule has 2 aromatic heterocycles. The van der Waals surface area contributed by atoms with Gasteiger partial charge >= 0.3 is 6.01 Å². The van der Waals surface area contributed by atoms with Crippen LogP contribution >= 0.6 is 0 Å². The third kappa shape index (κ3) is 4.61. The molecule has 2 bridgehead atoms. The average molecular weight is 587 g/mol. The fourth-order valence-corrected chi connectivity index (χ4v) is 6.94. The molecule has 0 spiro atoms. The van der Waals surface area contributed by atoms with E-state index in [2.05, 4.69) is 31.0 Å². The van der Waals surface area contributed by atoms with Gasteiger partial charge in [-0.1, -0.05) is 12.0 Å². The lowest BCUT2D eigenvalue weighted by molar-refractivity contribution is 0.0363. The maximum atomic E-state index is 16.7. The largest absolute Gasteiger partial charge is 0.508 e. The van der Waals surface area contributed by atoms with Crippen molar-refractivity contribution >= 4 is 27.5 Å². The molecule has 0 amide bonds. The monoisotopic (exact) mass is 586 g/mol. The molecule has 3 atom stereocenters. The van der Waals surface area contributed by atoms with Crippen molar-refractivity contribution in [2.75, 3.05) is 44.8 Å². The summed E-state index contributed by atoms with van der Waals surface area (Å²) in [6.45, 7) is 2.26. The molecule has 2 aromatic carbocycles. The molecule has 3 fully saturated rings. The summed E-state index contributed by atoms with van der Waals surface area (Å²) in [5.41, 5.74) is -0.619. The van der Waals surface area contributed by atoms with Crippen molar-refractivity contribution in [3.05, 3.63) is 47.7 Å². The lowest BCUT2D eigenvalue weighted by Crippen LogP contribution is -2.51. The zero-order valence-electron chi connectivity index (χ0n) is 23.8. The minimum absolute atomic E-state index is 0.00585. The lowest BCUT2D eigenvalue weighted by Gasteiger charge is -2.35. The molecule has 3 aliphatic rings. The van der Waals surface area contributed by atoms with Gasteiger partial charge in [0.2, 0.25) is 0 Å². The smallest absolute Gasteiger partial charge is 0.319 e. The van der Waals surface area contributed by atoms with E-state index in [9.17, 15) is 14.6 Å². The molecule has 7 rings (SSSR count). The van der Waals surface area contributed by atoms with E-state index in [1.807, 2.05) is 7.05 Å². The number of nitrogens with zero attached hydrogens (tertiary/aromatic N) is 5. The number of aliphatic hydroxyl groups is 1. The Hall–Kier alpha value is -4.11. The quantitative estimate of drug-likeness (QED) is 0.292. The molecule has 0 radical (unpaired) electrons. The SMILES string of the molecule is C#Cc1c(F)ccc2cc(O)cc(-c3ncc4c(N5CC6CCC(C5)N6)nc(OC[C@]5(CO)CCCN5C)nc4c3F)c12. The third-order valence-corrected chi connectivity index (χ3v) is 9.32. The van der Waals surface area contributed by atoms with Gasteiger partial charge in [-0.2, -0.15) is 9.97 Å². The highest BCUT2D eigenvalue weighted by Crippen LogP contribution is 2.39. The second kappa shape index (κ2) is 10.6. The average Bonchev–Trinajstić information content (AvgIpc) is 3.55. The number of aromatic hydroxyl groups is 1. The fraction of sp³-hybridized carbons (Fsp3) is 0.406. The predicted molar refractivity (Wildman–Crippen MR) is 159 cm³/mol. The number of benzene rings is 2. The summed E-state index contributed by atoms with van der Waals surface area (Å²) < 4.78 is 37.6. The van der Waals surface area contributed by atoms with Gasteiger partial charge in [0.25, 0.3) is 0 Å². The summed E-state index contributed by atoms with van der Waals surface area (Å²) in [4.78, 5) is 17.9. The van der Waals surface area contributed by atoms with Crippen LogP contribution < -0.4 is 15.0 Å². The van der Waals surface area contributed by atoms with E-state index in [1.165, 1.54) is 30.5 Å². The first-order chi connectivity index (χ1) is 20.8. The molecular formula is C32H32F2N6O3. The summed E-state index contributed by atoms with van der Waals surface area (Å²) in [6.07, 6.45) is 11.0. The molecule has 5 heterocycles. The molecule has 3 N–H and O–H groups in total. The number of nitrogens with one attached hydrogen (secondary N) is 1. The number of pyridine rings is 1. The molecule has 2 unspecified atom stereocenters. The van der Waals surface area contributed by atoms with Gasteiger partial charge in [0, 0.05) is 42.3 Å². The molecule has 4 aromatic rings. The number of terminal acetylenes is 1. The maximum absolute atomic E-state index is 16.7. The molecule has 222 valence electrons. The third-order valence-electron chi connectivity index (χ3n) is 9.32. The lowest BCUT2D eigenvalue weighted by atomic mass is 9.96. The Morgan fingerprint density at radius 1 is 1.19 bits per heavy atom. The number of anilines is 1. The zero-order chi connectivity index (χ0) is 29.9. The highest BCUT2D eigenvalue weighted by Gasteiger charge is 2.40. The van der Waals surface area contributed by atoms with Gasteiger partial charge in [-0.3, -0.25) is 9.88 Å². The number of rotatable bonds is 6. The van der Waals surface area contributed by atoms with Gasteiger partial charge < -0.3 is 25.2 Å². The van der Waals surface area contributed by atoms with Crippen molar-refractivity contribution in [2.45, 2.75) is 43.3 Å². The number of ether oxygens (including phenoxy) is 1. The number of aromatic nitrogens is 3. The van der Waals surface area contributed by atoms with E-state index in [0.29, 0.717) is 41.8 Å². The van der Waals surface area contributed by atoms with Crippen molar-refractivity contribution in [3.8, 4) is 35.4 Å². The molecule has 0 aliphatic carbocycles. The van der Waals surface area contributed by atoms with E-state index in [1.54, 1.807) is 0 Å². The molecule has 11 heteroatoms. The standard InChI is InChI=1S/C32H32F2N6O3/c1-3-22-25(33)8-5-18-11-21(42)12-23(26(18)22)28-27(34)29-24(13-35-28)30(40-14-19-6-7-20(15-40)36-19)38-31(37-29)43-17-32(16-41)9-4-10-39(32)2/h1,5,8,11-13,19-20,36,41-42H,4,6-7,9-10,14-17H2,2H3/t19?,20?,32-/m1/s1. The van der Waals surface area contributed by atoms with Crippen LogP contribution in [0, 0.1) is 24.0 Å². The van der Waals surface area contributed by atoms with Crippen LogP contribution in [0.1, 0.15) is 31.2 Å². The van der Waals surface area contributed by atoms with Gasteiger partial charge in [-0.15, -0.1) is 6.42 Å². The second-order valence-electron chi connectivity index (χ2n) is 11.9. The molecule has 9 nitrogen and oxygen atoms in total. The summed E-state index contributed by atoms with van der Waals surface area (Å²) in [6, 6.07) is 6.06. The van der Waals surface area contributed by atoms with Crippen LogP contribution in [0.15, 0.2) is 30.5 Å². The van der Waals surface area contributed by atoms with Crippen molar-refractivity contribution in [2.24, 2.45) is 0 Å². The number of phenolic OH excluding ortho intramolecular Hbond substituents is 1. The number of halogens is 2. The Morgan fingerprint density at radius 3 is 2.67 bits per heavy atom. The number of hydrogen-bond acceptors (Lipinski definition) is 9. The summed E-state index contributed by atoms with van der Waals surface area (Å²) in [5, 5.41) is 25.5. The van der Waals surface area contributed by atoms with Crippen molar-refractivity contribution in [3.63, 3.8) is 0 Å². The van der Waals surface area contributed by atoms with E-state index < -0.39 is 17.2 Å². The van der Waals surface area contributed by atoms with Crippen LogP contribution in [0.5, 0.6) is 11.8 Å². The van der Waals surface area contributed by atoms with Crippen molar-refractivity contribution in [1.29, 1.82) is 0 Å². The summed E-state index contributed by atoms with van der Waals surface area (Å²) in [5.74, 6) is 1.35. The van der Waals surface area contributed by atoms with Gasteiger partial charge in [0.05, 0.1) is 23.1 Å². The highest BCUT2D eigenvalue weighted by molar-refractivity contribution is 6.03. The van der Waals surface area contributed by atoms with E-state index in [4.69, 9.17) is 16.1 Å². The number of piperazine rings is 1. The molecule has 3 saturated heterocycles. The van der Waals surface area contributed by atoms with Gasteiger partial charge in [-0.25, -0.2) is 8.78 Å². The topological polar surface area (TPSA) is 107 Å². The Balaban J connectivity index is 1.40. The molecular weight excluding hydrogens is 554 g/mol. The highest BCUT2D eigenvalue weighted by atomic mass is 19.1. The number of likely N-dealkylation sites (N-methyl/N-ethyl adjacent to an activating group) is 1. The molecule has 3 aliphatic heterocycles. The number of hydrogen-bond donors (Lipinski definition) is 3. The summed E-state index contributed by atoms with van der Waals surface area (Å²) >= 11 is 0. The van der Waals surface area contributed by atoms with E-state index in [0.717, 1.165) is 32.2 Å². The minimum atomic E-state index is -0.766. The van der Waals surface area contributed by atoms with Crippen LogP contribution in [0.3, 0.4) is 0 Å². The molecule has 0 saturated carbocycles. The Labute approximate surface area is 247 Å². The Kier molecular flexibility index (Phi) is 6.80. The minimum Gasteiger partial charge on any atom is -0.508 e. The van der Waals surface area contributed by atoms with Gasteiger partial charge in [0.1, 0.15) is 35.2 Å². The Bertz CT molecular complexity index is 1780. The predicted octanol–water partition coefficient (Wildman–Crippen LogP) is 3.59. The van der Waals surface area contributed by atoms with Gasteiger partial charge in [0.15, 0.2) is 5.82 Å². The van der Waals surface area contributed by atoms with Gasteiger partial charge in [-0.05, 0) is 62.9 Å². The first kappa shape index (κ1) is 27.7. The molecule has 43 heavy (non-hydrogen) atoms. The van der Waals surface area contributed by atoms with Crippen molar-refractivity contribution in [1.82, 2.24) is 25.2 Å². The Morgan fingerprint density at radius 2 is 1.98 bits per heavy atom. The number of likely N-dealkylation sites (tertiary alicyclic amines) is 1. The normalized spacial score (nSPS) is 23.7. The zero-order valence-corrected chi connectivity index (χ0v) is 23.8. The number of phenols is 1. The van der Waals surface area contributed by atoms with E-state index in [-0.39, 0.29) is 52.7 Å². The van der Waals surface area contributed by atoms with Crippen LogP contribution in [-0.2, 0) is 0 Å². The number of aliphatic hydroxyl groups excluding tert-OH is 1. The maximum Gasteiger partial charge on any atom is 0.319 e. The first-order valence-electron chi connectivity index (χ1n) is 14.5. The number of fused-ring (bicyclic) bond motifs is 4. The van der Waals surface area contributed by atoms with E-state index >= 15 is 4.39 Å². The van der Waals surface area contributed by atoms with Crippen LogP contribution in [0.2, 0.25) is 0 Å².